The maximum absolute atomic E-state index is 6.46. The smallest absolute Gasteiger partial charge is 0.131 e. The Morgan fingerprint density at radius 1 is 0.771 bits per heavy atom. The van der Waals surface area contributed by atoms with E-state index in [1.165, 1.54) is 115 Å². The molecule has 0 unspecified atom stereocenters. The molecule has 4 rings (SSSR count). The molecule has 2 aliphatic carbocycles. The lowest BCUT2D eigenvalue weighted by Gasteiger charge is -2.40. The second kappa shape index (κ2) is 13.4. The lowest BCUT2D eigenvalue weighted by Crippen LogP contribution is -2.30. The summed E-state index contributed by atoms with van der Waals surface area (Å²) < 4.78 is 6.46. The highest BCUT2D eigenvalue weighted by atomic mass is 16.5. The predicted molar refractivity (Wildman–Crippen MR) is 150 cm³/mol. The van der Waals surface area contributed by atoms with E-state index in [1.54, 1.807) is 0 Å². The summed E-state index contributed by atoms with van der Waals surface area (Å²) in [4.78, 5) is 0. The molecule has 35 heavy (non-hydrogen) atoms. The Morgan fingerprint density at radius 2 is 1.43 bits per heavy atom. The van der Waals surface area contributed by atoms with Gasteiger partial charge in [-0.3, -0.25) is 0 Å². The van der Waals surface area contributed by atoms with Crippen molar-refractivity contribution in [1.29, 1.82) is 0 Å². The lowest BCUT2D eigenvalue weighted by molar-refractivity contribution is 0.204. The van der Waals surface area contributed by atoms with E-state index in [2.05, 4.69) is 31.2 Å². The third-order valence-corrected chi connectivity index (χ3v) is 9.09. The first kappa shape index (κ1) is 26.1. The highest BCUT2D eigenvalue weighted by Crippen LogP contribution is 2.48. The molecule has 2 fully saturated rings. The molecule has 192 valence electrons. The number of rotatable bonds is 12. The third kappa shape index (κ3) is 7.51. The molecule has 0 spiro atoms. The van der Waals surface area contributed by atoms with Crippen molar-refractivity contribution in [3.8, 4) is 11.5 Å². The highest BCUT2D eigenvalue weighted by molar-refractivity contribution is 5.46. The zero-order valence-electron chi connectivity index (χ0n) is 22.3. The quantitative estimate of drug-likeness (QED) is 0.245. The van der Waals surface area contributed by atoms with Gasteiger partial charge in [0.05, 0.1) is 0 Å². The second-order valence-electron chi connectivity index (χ2n) is 11.6. The molecule has 2 saturated carbocycles. The maximum atomic E-state index is 6.46. The van der Waals surface area contributed by atoms with Crippen LogP contribution in [0.5, 0.6) is 11.5 Å². The summed E-state index contributed by atoms with van der Waals surface area (Å²) >= 11 is 0. The van der Waals surface area contributed by atoms with Crippen LogP contribution in [0.15, 0.2) is 48.5 Å². The number of hydrogen-bond acceptors (Lipinski definition) is 2. The Hall–Kier alpha value is -1.96. The van der Waals surface area contributed by atoms with Gasteiger partial charge in [-0.25, -0.2) is 0 Å². The van der Waals surface area contributed by atoms with Crippen molar-refractivity contribution in [3.05, 3.63) is 54.1 Å². The Balaban J connectivity index is 1.36. The molecular weight excluding hydrogens is 426 g/mol. The first-order valence-electron chi connectivity index (χ1n) is 14.8. The first-order chi connectivity index (χ1) is 17.2. The number of nitrogens with two attached hydrogens (primary N) is 1. The second-order valence-corrected chi connectivity index (χ2v) is 11.6. The van der Waals surface area contributed by atoms with Gasteiger partial charge in [-0.15, -0.1) is 0 Å². The molecule has 2 aliphatic rings. The minimum Gasteiger partial charge on any atom is -0.457 e. The normalized spacial score (nSPS) is 22.1. The molecule has 2 aromatic rings. The molecule has 0 aromatic heterocycles. The van der Waals surface area contributed by atoms with Gasteiger partial charge in [0.15, 0.2) is 0 Å². The van der Waals surface area contributed by atoms with Gasteiger partial charge in [-0.1, -0.05) is 109 Å². The summed E-state index contributed by atoms with van der Waals surface area (Å²) in [5.74, 6) is 3.86. The maximum Gasteiger partial charge on any atom is 0.131 e. The van der Waals surface area contributed by atoms with Crippen molar-refractivity contribution < 1.29 is 4.74 Å². The van der Waals surface area contributed by atoms with Gasteiger partial charge in [0, 0.05) is 11.3 Å². The number of hydrogen-bond donors (Lipinski definition) is 1. The molecule has 2 heteroatoms. The molecule has 2 N–H and O–H groups in total. The molecule has 0 heterocycles. The van der Waals surface area contributed by atoms with Crippen molar-refractivity contribution in [1.82, 2.24) is 0 Å². The van der Waals surface area contributed by atoms with E-state index < -0.39 is 0 Å². The summed E-state index contributed by atoms with van der Waals surface area (Å²) in [5, 5.41) is 0. The molecule has 0 radical (unpaired) electrons. The molecule has 0 aliphatic heterocycles. The third-order valence-electron chi connectivity index (χ3n) is 9.09. The highest BCUT2D eigenvalue weighted by Gasteiger charge is 2.37. The molecule has 0 atom stereocenters. The summed E-state index contributed by atoms with van der Waals surface area (Å²) in [7, 11) is 0. The van der Waals surface area contributed by atoms with Crippen molar-refractivity contribution >= 4 is 5.69 Å². The van der Waals surface area contributed by atoms with Gasteiger partial charge in [0.2, 0.25) is 0 Å². The van der Waals surface area contributed by atoms with Gasteiger partial charge in [0.1, 0.15) is 11.5 Å². The molecule has 2 nitrogen and oxygen atoms in total. The molecule has 0 bridgehead atoms. The van der Waals surface area contributed by atoms with E-state index >= 15 is 0 Å². The van der Waals surface area contributed by atoms with Crippen LogP contribution in [0, 0.1) is 11.8 Å². The van der Waals surface area contributed by atoms with E-state index in [1.807, 2.05) is 24.3 Å². The number of unbranched alkanes of at least 4 members (excludes halogenated alkanes) is 4. The SMILES string of the molecule is CCCCCCCC1CCC(CCC2(c3ccccc3Oc3ccc(N)cc3)CCCCC2)CC1. The summed E-state index contributed by atoms with van der Waals surface area (Å²) in [5.41, 5.74) is 8.39. The number of ether oxygens (including phenoxy) is 1. The lowest BCUT2D eigenvalue weighted by atomic mass is 9.65. The molecule has 0 amide bonds. The predicted octanol–water partition coefficient (Wildman–Crippen LogP) is 10.2. The molecular formula is C33H49NO. The van der Waals surface area contributed by atoms with E-state index in [-0.39, 0.29) is 5.41 Å². The van der Waals surface area contributed by atoms with Crippen LogP contribution in [0.1, 0.15) is 122 Å². The van der Waals surface area contributed by atoms with Crippen LogP contribution in [-0.2, 0) is 5.41 Å². The van der Waals surface area contributed by atoms with Crippen molar-refractivity contribution in [2.24, 2.45) is 11.8 Å². The average molecular weight is 476 g/mol. The summed E-state index contributed by atoms with van der Waals surface area (Å²) in [6.45, 7) is 2.31. The summed E-state index contributed by atoms with van der Waals surface area (Å²) in [6, 6.07) is 16.7. The fraction of sp³-hybridized carbons (Fsp3) is 0.636. The van der Waals surface area contributed by atoms with Gasteiger partial charge in [0.25, 0.3) is 0 Å². The van der Waals surface area contributed by atoms with E-state index in [0.29, 0.717) is 0 Å². The van der Waals surface area contributed by atoms with E-state index in [0.717, 1.165) is 29.0 Å². The molecule has 2 aromatic carbocycles. The minimum atomic E-state index is 0.277. The first-order valence-corrected chi connectivity index (χ1v) is 14.8. The Bertz CT molecular complexity index is 859. The average Bonchev–Trinajstić information content (AvgIpc) is 2.90. The van der Waals surface area contributed by atoms with E-state index in [4.69, 9.17) is 10.5 Å². The summed E-state index contributed by atoms with van der Waals surface area (Å²) in [6.07, 6.45) is 23.9. The largest absolute Gasteiger partial charge is 0.457 e. The van der Waals surface area contributed by atoms with Crippen molar-refractivity contribution in [3.63, 3.8) is 0 Å². The van der Waals surface area contributed by atoms with Gasteiger partial charge >= 0.3 is 0 Å². The van der Waals surface area contributed by atoms with Crippen LogP contribution < -0.4 is 10.5 Å². The number of para-hydroxylation sites is 1. The van der Waals surface area contributed by atoms with Crippen LogP contribution >= 0.6 is 0 Å². The standard InChI is InChI=1S/C33H49NO/c1-2-3-4-5-7-12-27-15-17-28(18-16-27)23-26-33(24-10-6-11-25-33)31-13-8-9-14-32(31)35-30-21-19-29(34)20-22-30/h8-9,13-14,19-22,27-28H,2-7,10-12,15-18,23-26,34H2,1H3. The Labute approximate surface area is 215 Å². The topological polar surface area (TPSA) is 35.2 Å². The van der Waals surface area contributed by atoms with Crippen molar-refractivity contribution in [2.45, 2.75) is 121 Å². The van der Waals surface area contributed by atoms with Gasteiger partial charge in [-0.05, 0) is 73.3 Å². The zero-order chi connectivity index (χ0) is 24.3. The Morgan fingerprint density at radius 3 is 2.14 bits per heavy atom. The van der Waals surface area contributed by atoms with Crippen LogP contribution in [0.2, 0.25) is 0 Å². The fourth-order valence-corrected chi connectivity index (χ4v) is 6.86. The minimum absolute atomic E-state index is 0.277. The van der Waals surface area contributed by atoms with Gasteiger partial charge < -0.3 is 10.5 Å². The number of anilines is 1. The van der Waals surface area contributed by atoms with Crippen LogP contribution in [-0.4, -0.2) is 0 Å². The monoisotopic (exact) mass is 475 g/mol. The van der Waals surface area contributed by atoms with Crippen LogP contribution in [0.4, 0.5) is 5.69 Å². The van der Waals surface area contributed by atoms with E-state index in [9.17, 15) is 0 Å². The zero-order valence-corrected chi connectivity index (χ0v) is 22.3. The Kier molecular flexibility index (Phi) is 9.98. The van der Waals surface area contributed by atoms with Crippen LogP contribution in [0.25, 0.3) is 0 Å². The van der Waals surface area contributed by atoms with Gasteiger partial charge in [-0.2, -0.15) is 0 Å². The fourth-order valence-electron chi connectivity index (χ4n) is 6.86. The molecule has 0 saturated heterocycles. The van der Waals surface area contributed by atoms with Crippen LogP contribution in [0.3, 0.4) is 0 Å². The number of nitrogen functional groups attached to an aromatic ring is 1. The van der Waals surface area contributed by atoms with Crippen molar-refractivity contribution in [2.75, 3.05) is 5.73 Å². The number of benzene rings is 2.